The van der Waals surface area contributed by atoms with E-state index < -0.39 is 10.0 Å². The fourth-order valence-corrected chi connectivity index (χ4v) is 3.76. The lowest BCUT2D eigenvalue weighted by molar-refractivity contribution is 0.340. The van der Waals surface area contributed by atoms with E-state index in [1.807, 2.05) is 25.1 Å². The summed E-state index contributed by atoms with van der Waals surface area (Å²) in [5, 5.41) is 15.3. The molecule has 0 amide bonds. The minimum Gasteiger partial charge on any atom is -0.494 e. The number of ether oxygens (including phenoxy) is 1. The molecule has 0 radical (unpaired) electrons. The maximum Gasteiger partial charge on any atom is 0.299 e. The predicted molar refractivity (Wildman–Crippen MR) is 112 cm³/mol. The van der Waals surface area contributed by atoms with E-state index in [9.17, 15) is 13.5 Å². The zero-order valence-electron chi connectivity index (χ0n) is 16.7. The van der Waals surface area contributed by atoms with Gasteiger partial charge in [-0.1, -0.05) is 36.6 Å². The summed E-state index contributed by atoms with van der Waals surface area (Å²) in [6.07, 6.45) is 0.868. The van der Waals surface area contributed by atoms with Crippen LogP contribution >= 0.6 is 0 Å². The zero-order valence-corrected chi connectivity index (χ0v) is 17.6. The molecule has 1 N–H and O–H groups in total. The molecule has 0 aliphatic carbocycles. The smallest absolute Gasteiger partial charge is 0.299 e. The number of hydrogen-bond acceptors (Lipinski definition) is 5. The summed E-state index contributed by atoms with van der Waals surface area (Å²) in [4.78, 5) is 0.00717. The van der Waals surface area contributed by atoms with E-state index in [0.29, 0.717) is 30.2 Å². The van der Waals surface area contributed by atoms with Crippen molar-refractivity contribution in [2.24, 2.45) is 15.6 Å². The molecule has 0 atom stereocenters. The Kier molecular flexibility index (Phi) is 6.22. The molecule has 0 unspecified atom stereocenters. The Labute approximate surface area is 170 Å². The monoisotopic (exact) mass is 415 g/mol. The first-order chi connectivity index (χ1) is 13.8. The second-order valence-corrected chi connectivity index (χ2v) is 8.67. The molecular formula is C21H25N3O4S. The highest BCUT2D eigenvalue weighted by Gasteiger charge is 2.19. The first-order valence-electron chi connectivity index (χ1n) is 9.54. The van der Waals surface area contributed by atoms with E-state index in [4.69, 9.17) is 4.74 Å². The third-order valence-electron chi connectivity index (χ3n) is 4.53. The van der Waals surface area contributed by atoms with Gasteiger partial charge in [-0.25, -0.2) is 0 Å². The molecule has 154 valence electrons. The van der Waals surface area contributed by atoms with Crippen LogP contribution in [0.3, 0.4) is 0 Å². The number of aromatic hydroxyl groups is 1. The summed E-state index contributed by atoms with van der Waals surface area (Å²) < 4.78 is 35.8. The van der Waals surface area contributed by atoms with Crippen molar-refractivity contribution in [2.45, 2.75) is 38.6 Å². The van der Waals surface area contributed by atoms with Crippen LogP contribution < -0.4 is 4.74 Å². The van der Waals surface area contributed by atoms with Crippen LogP contribution in [0.2, 0.25) is 0 Å². The van der Waals surface area contributed by atoms with Gasteiger partial charge in [0.15, 0.2) is 5.69 Å². The van der Waals surface area contributed by atoms with E-state index in [2.05, 4.69) is 23.5 Å². The SMILES string of the molecule is CCOc1ccc(S(=O)(=O)N=Nc2c(O)n(CCC(C)C)c3ccccc23)cc1. The number of aromatic nitrogens is 1. The Hall–Kier alpha value is -2.87. The Morgan fingerprint density at radius 3 is 2.45 bits per heavy atom. The van der Waals surface area contributed by atoms with Gasteiger partial charge in [0.2, 0.25) is 5.88 Å². The van der Waals surface area contributed by atoms with Crippen LogP contribution in [0.15, 0.2) is 63.1 Å². The number of hydrogen-bond donors (Lipinski definition) is 1. The average Bonchev–Trinajstić information content (AvgIpc) is 2.96. The molecule has 1 aromatic heterocycles. The lowest BCUT2D eigenvalue weighted by Gasteiger charge is -2.08. The second-order valence-electron chi connectivity index (χ2n) is 7.08. The lowest BCUT2D eigenvalue weighted by Crippen LogP contribution is -2.00. The molecule has 0 saturated heterocycles. The number of rotatable bonds is 8. The van der Waals surface area contributed by atoms with E-state index in [1.54, 1.807) is 22.8 Å². The Morgan fingerprint density at radius 1 is 1.10 bits per heavy atom. The number of nitrogens with zero attached hydrogens (tertiary/aromatic N) is 3. The van der Waals surface area contributed by atoms with Crippen molar-refractivity contribution < 1.29 is 18.3 Å². The van der Waals surface area contributed by atoms with Crippen molar-refractivity contribution in [1.82, 2.24) is 4.57 Å². The molecule has 0 aliphatic heterocycles. The van der Waals surface area contributed by atoms with Crippen LogP contribution in [-0.4, -0.2) is 24.7 Å². The van der Waals surface area contributed by atoms with Crippen LogP contribution in [0, 0.1) is 5.92 Å². The Morgan fingerprint density at radius 2 is 1.79 bits per heavy atom. The molecule has 0 fully saturated rings. The van der Waals surface area contributed by atoms with Gasteiger partial charge in [0.25, 0.3) is 10.0 Å². The topological polar surface area (TPSA) is 93.2 Å². The number of aryl methyl sites for hydroxylation is 1. The molecule has 1 heterocycles. The van der Waals surface area contributed by atoms with Gasteiger partial charge in [-0.05, 0) is 49.6 Å². The zero-order chi connectivity index (χ0) is 21.0. The highest BCUT2D eigenvalue weighted by atomic mass is 32.2. The van der Waals surface area contributed by atoms with E-state index in [-0.39, 0.29) is 16.5 Å². The normalized spacial score (nSPS) is 12.3. The van der Waals surface area contributed by atoms with Crippen LogP contribution in [0.1, 0.15) is 27.2 Å². The highest BCUT2D eigenvalue weighted by Crippen LogP contribution is 2.39. The highest BCUT2D eigenvalue weighted by molar-refractivity contribution is 7.90. The Balaban J connectivity index is 1.96. The minimum atomic E-state index is -4.01. The summed E-state index contributed by atoms with van der Waals surface area (Å²) in [7, 11) is -4.01. The van der Waals surface area contributed by atoms with Crippen molar-refractivity contribution in [1.29, 1.82) is 0 Å². The minimum absolute atomic E-state index is 0.00717. The molecule has 0 saturated carbocycles. The van der Waals surface area contributed by atoms with E-state index >= 15 is 0 Å². The summed E-state index contributed by atoms with van der Waals surface area (Å²) >= 11 is 0. The van der Waals surface area contributed by atoms with E-state index in [1.165, 1.54) is 12.1 Å². The lowest BCUT2D eigenvalue weighted by atomic mass is 10.1. The third kappa shape index (κ3) is 4.59. The molecule has 0 spiro atoms. The summed E-state index contributed by atoms with van der Waals surface area (Å²) in [5.74, 6) is 0.951. The maximum atomic E-state index is 12.6. The van der Waals surface area contributed by atoms with Crippen molar-refractivity contribution >= 4 is 26.6 Å². The van der Waals surface area contributed by atoms with Gasteiger partial charge in [-0.2, -0.15) is 8.42 Å². The third-order valence-corrected chi connectivity index (χ3v) is 5.69. The second kappa shape index (κ2) is 8.65. The fraction of sp³-hybridized carbons (Fsp3) is 0.333. The molecule has 3 rings (SSSR count). The Bertz CT molecular complexity index is 1120. The molecule has 7 nitrogen and oxygen atoms in total. The number of benzene rings is 2. The van der Waals surface area contributed by atoms with Crippen molar-refractivity contribution in [3.05, 3.63) is 48.5 Å². The quantitative estimate of drug-likeness (QED) is 0.508. The van der Waals surface area contributed by atoms with Crippen molar-refractivity contribution in [3.63, 3.8) is 0 Å². The summed E-state index contributed by atoms with van der Waals surface area (Å²) in [5.41, 5.74) is 0.942. The van der Waals surface area contributed by atoms with Gasteiger partial charge in [0, 0.05) is 11.9 Å². The number of fused-ring (bicyclic) bond motifs is 1. The van der Waals surface area contributed by atoms with Crippen LogP contribution in [0.5, 0.6) is 11.6 Å². The molecule has 29 heavy (non-hydrogen) atoms. The summed E-state index contributed by atoms with van der Waals surface area (Å²) in [6.45, 7) is 7.15. The molecule has 3 aromatic rings. The van der Waals surface area contributed by atoms with Gasteiger partial charge in [0.05, 0.1) is 17.0 Å². The van der Waals surface area contributed by atoms with Crippen LogP contribution in [0.4, 0.5) is 5.69 Å². The molecule has 0 bridgehead atoms. The van der Waals surface area contributed by atoms with Crippen LogP contribution in [-0.2, 0) is 16.6 Å². The van der Waals surface area contributed by atoms with Gasteiger partial charge in [0.1, 0.15) is 5.75 Å². The largest absolute Gasteiger partial charge is 0.494 e. The first kappa shape index (κ1) is 20.9. The molecule has 2 aromatic carbocycles. The molecule has 0 aliphatic rings. The van der Waals surface area contributed by atoms with Crippen LogP contribution in [0.25, 0.3) is 10.9 Å². The predicted octanol–water partition coefficient (Wildman–Crippen LogP) is 5.26. The number of sulfonamides is 1. The van der Waals surface area contributed by atoms with Gasteiger partial charge in [-0.3, -0.25) is 0 Å². The standard InChI is InChI=1S/C21H25N3O4S/c1-4-28-16-9-11-17(12-10-16)29(26,27)23-22-20-18-7-5-6-8-19(18)24(21(20)25)14-13-15(2)3/h5-12,15,25H,4,13-14H2,1-3H3. The molecular weight excluding hydrogens is 390 g/mol. The van der Waals surface area contributed by atoms with Crippen molar-refractivity contribution in [2.75, 3.05) is 6.61 Å². The molecule has 8 heteroatoms. The first-order valence-corrected chi connectivity index (χ1v) is 11.0. The number of para-hydroxylation sites is 1. The van der Waals surface area contributed by atoms with Gasteiger partial charge < -0.3 is 14.4 Å². The van der Waals surface area contributed by atoms with Gasteiger partial charge in [-0.15, -0.1) is 5.11 Å². The average molecular weight is 416 g/mol. The van der Waals surface area contributed by atoms with Crippen molar-refractivity contribution in [3.8, 4) is 11.6 Å². The fourth-order valence-electron chi connectivity index (χ4n) is 3.00. The maximum absolute atomic E-state index is 12.6. The van der Waals surface area contributed by atoms with E-state index in [0.717, 1.165) is 11.9 Å². The van der Waals surface area contributed by atoms with Gasteiger partial charge >= 0.3 is 0 Å². The summed E-state index contributed by atoms with van der Waals surface area (Å²) in [6, 6.07) is 13.3.